The fourth-order valence-electron chi connectivity index (χ4n) is 2.08. The van der Waals surface area contributed by atoms with Crippen molar-refractivity contribution in [2.24, 2.45) is 0 Å². The molecule has 0 spiro atoms. The smallest absolute Gasteiger partial charge is 0.199 e. The highest BCUT2D eigenvalue weighted by Crippen LogP contribution is 2.26. The molecule has 0 aliphatic carbocycles. The van der Waals surface area contributed by atoms with Gasteiger partial charge in [-0.2, -0.15) is 0 Å². The second-order valence-corrected chi connectivity index (χ2v) is 5.02. The number of aromatic nitrogens is 1. The lowest BCUT2D eigenvalue weighted by atomic mass is 10.1. The number of anilines is 1. The molecule has 2 aromatic carbocycles. The molecule has 4 heteroatoms. The van der Waals surface area contributed by atoms with E-state index in [-0.39, 0.29) is 0 Å². The SMILES string of the molecule is Cc1cccc(Cc2nc3cc(Cl)c(N)cc3o2)c1. The fourth-order valence-corrected chi connectivity index (χ4v) is 2.24. The summed E-state index contributed by atoms with van der Waals surface area (Å²) < 4.78 is 5.70. The zero-order valence-electron chi connectivity index (χ0n) is 10.5. The molecule has 0 aliphatic heterocycles. The molecular weight excluding hydrogens is 260 g/mol. The predicted octanol–water partition coefficient (Wildman–Crippen LogP) is 3.96. The molecule has 3 aromatic rings. The number of halogens is 1. The number of nitrogens with zero attached hydrogens (tertiary/aromatic N) is 1. The Morgan fingerprint density at radius 2 is 2.11 bits per heavy atom. The van der Waals surface area contributed by atoms with Crippen molar-refractivity contribution >= 4 is 28.4 Å². The van der Waals surface area contributed by atoms with Crippen molar-refractivity contribution in [1.82, 2.24) is 4.98 Å². The Balaban J connectivity index is 1.97. The maximum atomic E-state index is 5.97. The minimum atomic E-state index is 0.503. The molecule has 2 N–H and O–H groups in total. The van der Waals surface area contributed by atoms with Crippen molar-refractivity contribution in [3.63, 3.8) is 0 Å². The molecule has 0 aliphatic rings. The average molecular weight is 273 g/mol. The number of benzene rings is 2. The highest BCUT2D eigenvalue weighted by molar-refractivity contribution is 6.33. The zero-order chi connectivity index (χ0) is 13.4. The molecule has 0 radical (unpaired) electrons. The van der Waals surface area contributed by atoms with Crippen LogP contribution in [0.2, 0.25) is 5.02 Å². The van der Waals surface area contributed by atoms with E-state index in [1.165, 1.54) is 11.1 Å². The first-order chi connectivity index (χ1) is 9.11. The number of hydrogen-bond acceptors (Lipinski definition) is 3. The summed E-state index contributed by atoms with van der Waals surface area (Å²) in [5.41, 5.74) is 10.1. The predicted molar refractivity (Wildman–Crippen MR) is 77.4 cm³/mol. The number of nitrogens with two attached hydrogens (primary N) is 1. The van der Waals surface area contributed by atoms with Crippen LogP contribution < -0.4 is 5.73 Å². The van der Waals surface area contributed by atoms with E-state index in [2.05, 4.69) is 30.1 Å². The molecule has 0 saturated carbocycles. The van der Waals surface area contributed by atoms with Crippen LogP contribution in [-0.4, -0.2) is 4.98 Å². The van der Waals surface area contributed by atoms with Crippen LogP contribution >= 0.6 is 11.6 Å². The summed E-state index contributed by atoms with van der Waals surface area (Å²) >= 11 is 5.97. The summed E-state index contributed by atoms with van der Waals surface area (Å²) in [4.78, 5) is 4.43. The Labute approximate surface area is 116 Å². The second-order valence-electron chi connectivity index (χ2n) is 4.61. The fraction of sp³-hybridized carbons (Fsp3) is 0.133. The summed E-state index contributed by atoms with van der Waals surface area (Å²) in [7, 11) is 0. The Kier molecular flexibility index (Phi) is 2.91. The van der Waals surface area contributed by atoms with E-state index in [9.17, 15) is 0 Å². The third kappa shape index (κ3) is 2.42. The van der Waals surface area contributed by atoms with Crippen LogP contribution in [0.3, 0.4) is 0 Å². The number of hydrogen-bond donors (Lipinski definition) is 1. The van der Waals surface area contributed by atoms with Crippen LogP contribution in [-0.2, 0) is 6.42 Å². The Morgan fingerprint density at radius 3 is 2.89 bits per heavy atom. The van der Waals surface area contributed by atoms with Gasteiger partial charge < -0.3 is 10.2 Å². The topological polar surface area (TPSA) is 52.0 Å². The van der Waals surface area contributed by atoms with E-state index in [4.69, 9.17) is 21.8 Å². The lowest BCUT2D eigenvalue weighted by molar-refractivity contribution is 0.544. The highest BCUT2D eigenvalue weighted by atomic mass is 35.5. The van der Waals surface area contributed by atoms with E-state index in [0.29, 0.717) is 28.6 Å². The summed E-state index contributed by atoms with van der Waals surface area (Å²) in [5, 5.41) is 0.503. The van der Waals surface area contributed by atoms with Gasteiger partial charge in [-0.05, 0) is 18.6 Å². The van der Waals surface area contributed by atoms with Crippen molar-refractivity contribution in [3.05, 3.63) is 58.4 Å². The third-order valence-corrected chi connectivity index (χ3v) is 3.32. The summed E-state index contributed by atoms with van der Waals surface area (Å²) in [6.45, 7) is 2.07. The lowest BCUT2D eigenvalue weighted by Crippen LogP contribution is -1.88. The minimum absolute atomic E-state index is 0.503. The molecule has 0 bridgehead atoms. The Bertz CT molecular complexity index is 710. The van der Waals surface area contributed by atoms with Crippen LogP contribution in [0.15, 0.2) is 40.8 Å². The molecule has 3 rings (SSSR count). The maximum Gasteiger partial charge on any atom is 0.199 e. The molecule has 19 heavy (non-hydrogen) atoms. The van der Waals surface area contributed by atoms with Crippen molar-refractivity contribution in [2.45, 2.75) is 13.3 Å². The van der Waals surface area contributed by atoms with Gasteiger partial charge in [0.15, 0.2) is 11.5 Å². The number of aryl methyl sites for hydroxylation is 1. The molecule has 0 atom stereocenters. The highest BCUT2D eigenvalue weighted by Gasteiger charge is 2.09. The van der Waals surface area contributed by atoms with Crippen molar-refractivity contribution in [1.29, 1.82) is 0 Å². The monoisotopic (exact) mass is 272 g/mol. The molecule has 0 unspecified atom stereocenters. The number of nitrogen functional groups attached to an aromatic ring is 1. The minimum Gasteiger partial charge on any atom is -0.440 e. The lowest BCUT2D eigenvalue weighted by Gasteiger charge is -1.98. The third-order valence-electron chi connectivity index (χ3n) is 2.99. The number of rotatable bonds is 2. The Morgan fingerprint density at radius 1 is 1.26 bits per heavy atom. The number of oxazole rings is 1. The summed E-state index contributed by atoms with van der Waals surface area (Å²) in [6.07, 6.45) is 0.661. The maximum absolute atomic E-state index is 5.97. The van der Waals surface area contributed by atoms with E-state index >= 15 is 0 Å². The van der Waals surface area contributed by atoms with Gasteiger partial charge in [-0.1, -0.05) is 41.4 Å². The van der Waals surface area contributed by atoms with Gasteiger partial charge in [-0.15, -0.1) is 0 Å². The molecule has 96 valence electrons. The zero-order valence-corrected chi connectivity index (χ0v) is 11.2. The summed E-state index contributed by atoms with van der Waals surface area (Å²) in [5.74, 6) is 0.669. The van der Waals surface area contributed by atoms with Gasteiger partial charge in [-0.25, -0.2) is 4.98 Å². The molecule has 3 nitrogen and oxygen atoms in total. The molecular formula is C15H13ClN2O. The molecule has 0 amide bonds. The van der Waals surface area contributed by atoms with Gasteiger partial charge in [0.2, 0.25) is 0 Å². The average Bonchev–Trinajstić information content (AvgIpc) is 2.71. The van der Waals surface area contributed by atoms with Crippen LogP contribution in [0.25, 0.3) is 11.1 Å². The van der Waals surface area contributed by atoms with Crippen molar-refractivity contribution < 1.29 is 4.42 Å². The first kappa shape index (κ1) is 12.1. The largest absolute Gasteiger partial charge is 0.440 e. The van der Waals surface area contributed by atoms with E-state index in [1.807, 2.05) is 6.07 Å². The normalized spacial score (nSPS) is 11.1. The van der Waals surface area contributed by atoms with E-state index in [1.54, 1.807) is 12.1 Å². The van der Waals surface area contributed by atoms with Gasteiger partial charge in [-0.3, -0.25) is 0 Å². The van der Waals surface area contributed by atoms with E-state index < -0.39 is 0 Å². The molecule has 0 saturated heterocycles. The van der Waals surface area contributed by atoms with Crippen LogP contribution in [0, 0.1) is 6.92 Å². The second kappa shape index (κ2) is 4.59. The molecule has 1 heterocycles. The first-order valence-corrected chi connectivity index (χ1v) is 6.39. The van der Waals surface area contributed by atoms with Gasteiger partial charge in [0.1, 0.15) is 5.52 Å². The molecule has 0 fully saturated rings. The van der Waals surface area contributed by atoms with Gasteiger partial charge >= 0.3 is 0 Å². The van der Waals surface area contributed by atoms with Gasteiger partial charge in [0.25, 0.3) is 0 Å². The summed E-state index contributed by atoms with van der Waals surface area (Å²) in [6, 6.07) is 11.7. The van der Waals surface area contributed by atoms with Gasteiger partial charge in [0.05, 0.1) is 10.7 Å². The van der Waals surface area contributed by atoms with Crippen LogP contribution in [0.1, 0.15) is 17.0 Å². The standard InChI is InChI=1S/C15H13ClN2O/c1-9-3-2-4-10(5-9)6-15-18-13-7-11(16)12(17)8-14(13)19-15/h2-5,7-8H,6,17H2,1H3. The first-order valence-electron chi connectivity index (χ1n) is 6.02. The van der Waals surface area contributed by atoms with Crippen molar-refractivity contribution in [3.8, 4) is 0 Å². The van der Waals surface area contributed by atoms with Crippen molar-refractivity contribution in [2.75, 3.05) is 5.73 Å². The van der Waals surface area contributed by atoms with Gasteiger partial charge in [0, 0.05) is 12.5 Å². The quantitative estimate of drug-likeness (QED) is 0.718. The Hall–Kier alpha value is -2.00. The van der Waals surface area contributed by atoms with Crippen LogP contribution in [0.5, 0.6) is 0 Å². The number of fused-ring (bicyclic) bond motifs is 1. The van der Waals surface area contributed by atoms with E-state index in [0.717, 1.165) is 5.52 Å². The molecule has 1 aromatic heterocycles. The van der Waals surface area contributed by atoms with Crippen LogP contribution in [0.4, 0.5) is 5.69 Å².